The molecule has 0 radical (unpaired) electrons. The van der Waals surface area contributed by atoms with Crippen molar-refractivity contribution in [3.05, 3.63) is 17.9 Å². The summed E-state index contributed by atoms with van der Waals surface area (Å²) in [5, 5.41) is 2.80. The Morgan fingerprint density at radius 1 is 1.39 bits per heavy atom. The van der Waals surface area contributed by atoms with Gasteiger partial charge in [0.15, 0.2) is 0 Å². The molecule has 0 unspecified atom stereocenters. The van der Waals surface area contributed by atoms with E-state index in [0.717, 1.165) is 0 Å². The van der Waals surface area contributed by atoms with Crippen LogP contribution in [0.1, 0.15) is 19.6 Å². The molecule has 0 amide bonds. The summed E-state index contributed by atoms with van der Waals surface area (Å²) in [6.45, 7) is 4.25. The maximum atomic E-state index is 11.9. The minimum atomic E-state index is -3.63. The number of methoxy groups -OCH3 is 1. The summed E-state index contributed by atoms with van der Waals surface area (Å²) in [6.07, 6.45) is 0. The molecule has 0 aliphatic carbocycles. The standard InChI is InChI=1S/C11H20N2O4S/c1-11(2,16-4)8-13-18(14,15)10-6-5-9(17-10)7-12-3/h5-6,12-13H,7-8H2,1-4H3. The summed E-state index contributed by atoms with van der Waals surface area (Å²) in [5.74, 6) is 0.573. The van der Waals surface area contributed by atoms with Crippen LogP contribution in [-0.2, 0) is 21.3 Å². The van der Waals surface area contributed by atoms with E-state index in [4.69, 9.17) is 9.15 Å². The zero-order valence-corrected chi connectivity index (χ0v) is 11.9. The lowest BCUT2D eigenvalue weighted by atomic mass is 10.1. The van der Waals surface area contributed by atoms with Gasteiger partial charge >= 0.3 is 0 Å². The molecule has 0 aliphatic heterocycles. The second kappa shape index (κ2) is 5.83. The summed E-state index contributed by atoms with van der Waals surface area (Å²) in [5.41, 5.74) is -0.562. The summed E-state index contributed by atoms with van der Waals surface area (Å²) in [6, 6.07) is 3.07. The van der Waals surface area contributed by atoms with E-state index in [9.17, 15) is 8.42 Å². The third-order valence-corrected chi connectivity index (χ3v) is 3.77. The topological polar surface area (TPSA) is 80.6 Å². The predicted octanol–water partition coefficient (Wildman–Crippen LogP) is 0.702. The molecule has 104 valence electrons. The fraction of sp³-hybridized carbons (Fsp3) is 0.636. The van der Waals surface area contributed by atoms with E-state index in [-0.39, 0.29) is 11.6 Å². The maximum Gasteiger partial charge on any atom is 0.274 e. The Kier molecular flexibility index (Phi) is 4.92. The summed E-state index contributed by atoms with van der Waals surface area (Å²) in [4.78, 5) is 0. The van der Waals surface area contributed by atoms with Crippen LogP contribution in [0, 0.1) is 0 Å². The number of ether oxygens (including phenoxy) is 1. The molecule has 0 fully saturated rings. The van der Waals surface area contributed by atoms with Crippen molar-refractivity contribution in [3.63, 3.8) is 0 Å². The van der Waals surface area contributed by atoms with Crippen LogP contribution < -0.4 is 10.0 Å². The first-order chi connectivity index (χ1) is 8.30. The van der Waals surface area contributed by atoms with E-state index in [2.05, 4.69) is 10.0 Å². The molecule has 0 aromatic carbocycles. The van der Waals surface area contributed by atoms with Crippen molar-refractivity contribution in [2.45, 2.75) is 31.1 Å². The van der Waals surface area contributed by atoms with Gasteiger partial charge in [0.2, 0.25) is 5.09 Å². The highest BCUT2D eigenvalue weighted by Gasteiger charge is 2.23. The molecule has 0 atom stereocenters. The van der Waals surface area contributed by atoms with Crippen molar-refractivity contribution in [2.75, 3.05) is 20.7 Å². The first-order valence-electron chi connectivity index (χ1n) is 5.59. The molecule has 0 saturated carbocycles. The minimum Gasteiger partial charge on any atom is -0.447 e. The van der Waals surface area contributed by atoms with Crippen molar-refractivity contribution < 1.29 is 17.6 Å². The van der Waals surface area contributed by atoms with E-state index < -0.39 is 15.6 Å². The van der Waals surface area contributed by atoms with E-state index in [1.807, 2.05) is 0 Å². The Bertz CT molecular complexity index is 479. The third-order valence-electron chi connectivity index (χ3n) is 2.49. The monoisotopic (exact) mass is 276 g/mol. The summed E-state index contributed by atoms with van der Waals surface area (Å²) in [7, 11) is -0.332. The molecular formula is C11H20N2O4S. The SMILES string of the molecule is CNCc1ccc(S(=O)(=O)NCC(C)(C)OC)o1. The van der Waals surface area contributed by atoms with Gasteiger partial charge < -0.3 is 14.5 Å². The summed E-state index contributed by atoms with van der Waals surface area (Å²) < 4.78 is 36.7. The van der Waals surface area contributed by atoms with Crippen molar-refractivity contribution >= 4 is 10.0 Å². The quantitative estimate of drug-likeness (QED) is 0.766. The van der Waals surface area contributed by atoms with Gasteiger partial charge in [0.05, 0.1) is 12.1 Å². The minimum absolute atomic E-state index is 0.0837. The third kappa shape index (κ3) is 4.09. The molecule has 2 N–H and O–H groups in total. The Balaban J connectivity index is 2.74. The molecular weight excluding hydrogens is 256 g/mol. The molecule has 1 aromatic rings. The normalized spacial score (nSPS) is 12.9. The van der Waals surface area contributed by atoms with Gasteiger partial charge in [0.25, 0.3) is 10.0 Å². The van der Waals surface area contributed by atoms with Gasteiger partial charge in [-0.2, -0.15) is 0 Å². The molecule has 0 spiro atoms. The number of hydrogen-bond acceptors (Lipinski definition) is 5. The first kappa shape index (κ1) is 15.2. The second-order valence-corrected chi connectivity index (χ2v) is 6.24. The fourth-order valence-corrected chi connectivity index (χ4v) is 2.33. The van der Waals surface area contributed by atoms with Crippen LogP contribution >= 0.6 is 0 Å². The van der Waals surface area contributed by atoms with Gasteiger partial charge in [-0.1, -0.05) is 0 Å². The van der Waals surface area contributed by atoms with Gasteiger partial charge in [-0.15, -0.1) is 0 Å². The van der Waals surface area contributed by atoms with Crippen LogP contribution in [0.2, 0.25) is 0 Å². The zero-order chi connectivity index (χ0) is 13.8. The van der Waals surface area contributed by atoms with Crippen LogP contribution in [0.15, 0.2) is 21.6 Å². The highest BCUT2D eigenvalue weighted by atomic mass is 32.2. The van der Waals surface area contributed by atoms with Crippen LogP contribution in [0.3, 0.4) is 0 Å². The molecule has 18 heavy (non-hydrogen) atoms. The van der Waals surface area contributed by atoms with Crippen molar-refractivity contribution in [2.24, 2.45) is 0 Å². The second-order valence-electron chi connectivity index (χ2n) is 4.54. The van der Waals surface area contributed by atoms with Crippen LogP contribution in [0.5, 0.6) is 0 Å². The highest BCUT2D eigenvalue weighted by Crippen LogP contribution is 2.14. The van der Waals surface area contributed by atoms with Gasteiger partial charge in [-0.05, 0) is 33.0 Å². The first-order valence-corrected chi connectivity index (χ1v) is 7.07. The van der Waals surface area contributed by atoms with Crippen molar-refractivity contribution in [1.82, 2.24) is 10.0 Å². The summed E-state index contributed by atoms with van der Waals surface area (Å²) >= 11 is 0. The molecule has 0 saturated heterocycles. The van der Waals surface area contributed by atoms with E-state index >= 15 is 0 Å². The number of sulfonamides is 1. The Labute approximate surface area is 108 Å². The van der Waals surface area contributed by atoms with E-state index in [1.54, 1.807) is 27.0 Å². The molecule has 6 nitrogen and oxygen atoms in total. The zero-order valence-electron chi connectivity index (χ0n) is 11.1. The molecule has 1 heterocycles. The van der Waals surface area contributed by atoms with Crippen LogP contribution in [0.25, 0.3) is 0 Å². The van der Waals surface area contributed by atoms with Crippen LogP contribution in [-0.4, -0.2) is 34.7 Å². The van der Waals surface area contributed by atoms with Gasteiger partial charge in [-0.3, -0.25) is 0 Å². The van der Waals surface area contributed by atoms with Gasteiger partial charge in [-0.25, -0.2) is 13.1 Å². The number of nitrogens with one attached hydrogen (secondary N) is 2. The van der Waals surface area contributed by atoms with Gasteiger partial charge in [0, 0.05) is 13.7 Å². The van der Waals surface area contributed by atoms with Gasteiger partial charge in [0.1, 0.15) is 5.76 Å². The molecule has 0 aliphatic rings. The molecule has 7 heteroatoms. The number of furan rings is 1. The molecule has 0 bridgehead atoms. The highest BCUT2D eigenvalue weighted by molar-refractivity contribution is 7.89. The average molecular weight is 276 g/mol. The lowest BCUT2D eigenvalue weighted by Crippen LogP contribution is -2.39. The maximum absolute atomic E-state index is 11.9. The Morgan fingerprint density at radius 3 is 2.61 bits per heavy atom. The molecule has 1 aromatic heterocycles. The lowest BCUT2D eigenvalue weighted by molar-refractivity contribution is 0.0275. The Morgan fingerprint density at radius 2 is 2.06 bits per heavy atom. The Hall–Kier alpha value is -0.890. The predicted molar refractivity (Wildman–Crippen MR) is 67.7 cm³/mol. The largest absolute Gasteiger partial charge is 0.447 e. The fourth-order valence-electron chi connectivity index (χ4n) is 1.18. The molecule has 1 rings (SSSR count). The lowest BCUT2D eigenvalue weighted by Gasteiger charge is -2.22. The van der Waals surface area contributed by atoms with Crippen LogP contribution in [0.4, 0.5) is 0 Å². The smallest absolute Gasteiger partial charge is 0.274 e. The number of hydrogen-bond donors (Lipinski definition) is 2. The van der Waals surface area contributed by atoms with E-state index in [0.29, 0.717) is 12.3 Å². The van der Waals surface area contributed by atoms with E-state index in [1.165, 1.54) is 13.2 Å². The average Bonchev–Trinajstić information content (AvgIpc) is 2.77. The van der Waals surface area contributed by atoms with Crippen molar-refractivity contribution in [1.29, 1.82) is 0 Å². The number of rotatable bonds is 7. The van der Waals surface area contributed by atoms with Crippen molar-refractivity contribution in [3.8, 4) is 0 Å².